The van der Waals surface area contributed by atoms with E-state index in [9.17, 15) is 18.0 Å². The second kappa shape index (κ2) is 8.87. The van der Waals surface area contributed by atoms with Crippen molar-refractivity contribution in [3.05, 3.63) is 45.8 Å². The number of nitrogens with zero attached hydrogens (tertiary/aromatic N) is 1. The van der Waals surface area contributed by atoms with Crippen molar-refractivity contribution in [2.75, 3.05) is 18.5 Å². The van der Waals surface area contributed by atoms with Crippen molar-refractivity contribution in [1.29, 1.82) is 0 Å². The molecule has 1 saturated heterocycles. The van der Waals surface area contributed by atoms with Crippen molar-refractivity contribution in [2.45, 2.75) is 51.5 Å². The smallest absolute Gasteiger partial charge is 0.341 e. The average molecular weight is 451 g/mol. The summed E-state index contributed by atoms with van der Waals surface area (Å²) in [4.78, 5) is 26.5. The van der Waals surface area contributed by atoms with Crippen molar-refractivity contribution in [3.8, 4) is 0 Å². The number of hydrogen-bond acceptors (Lipinski definition) is 6. The highest BCUT2D eigenvalue weighted by molar-refractivity contribution is 7.89. The number of carbonyl (C=O) groups is 2. The number of esters is 1. The van der Waals surface area contributed by atoms with Gasteiger partial charge in [-0.3, -0.25) is 4.79 Å². The maximum Gasteiger partial charge on any atom is 0.341 e. The Balaban J connectivity index is 1.86. The van der Waals surface area contributed by atoms with Crippen LogP contribution in [-0.2, 0) is 19.6 Å². The molecule has 1 aromatic heterocycles. The number of benzene rings is 1. The molecule has 1 N–H and O–H groups in total. The van der Waals surface area contributed by atoms with E-state index in [4.69, 9.17) is 4.74 Å². The Labute approximate surface area is 181 Å². The first-order chi connectivity index (χ1) is 14.2. The molecule has 1 unspecified atom stereocenters. The van der Waals surface area contributed by atoms with Crippen molar-refractivity contribution in [1.82, 2.24) is 4.31 Å². The minimum absolute atomic E-state index is 0.169. The van der Waals surface area contributed by atoms with Gasteiger partial charge in [0.25, 0.3) is 0 Å². The van der Waals surface area contributed by atoms with E-state index >= 15 is 0 Å². The zero-order chi connectivity index (χ0) is 22.1. The maximum atomic E-state index is 13.1. The highest BCUT2D eigenvalue weighted by Crippen LogP contribution is 2.34. The van der Waals surface area contributed by atoms with Crippen LogP contribution in [0.25, 0.3) is 0 Å². The van der Waals surface area contributed by atoms with Crippen molar-refractivity contribution < 1.29 is 22.7 Å². The van der Waals surface area contributed by atoms with Crippen LogP contribution in [0.1, 0.15) is 46.1 Å². The van der Waals surface area contributed by atoms with E-state index < -0.39 is 27.9 Å². The van der Waals surface area contributed by atoms with Gasteiger partial charge in [-0.2, -0.15) is 4.31 Å². The number of aryl methyl sites for hydroxylation is 2. The second-order valence-electron chi connectivity index (χ2n) is 7.28. The number of rotatable bonds is 6. The summed E-state index contributed by atoms with van der Waals surface area (Å²) in [6.07, 6.45) is 1.02. The zero-order valence-electron chi connectivity index (χ0n) is 17.5. The largest absolute Gasteiger partial charge is 0.462 e. The average Bonchev–Trinajstić information content (AvgIpc) is 3.28. The van der Waals surface area contributed by atoms with Crippen LogP contribution in [0.5, 0.6) is 0 Å². The number of anilines is 1. The van der Waals surface area contributed by atoms with Gasteiger partial charge >= 0.3 is 5.97 Å². The van der Waals surface area contributed by atoms with Gasteiger partial charge in [0.15, 0.2) is 0 Å². The minimum atomic E-state index is -3.80. The lowest BCUT2D eigenvalue weighted by atomic mass is 10.1. The molecule has 0 bridgehead atoms. The molecule has 3 rings (SSSR count). The summed E-state index contributed by atoms with van der Waals surface area (Å²) >= 11 is 1.29. The summed E-state index contributed by atoms with van der Waals surface area (Å²) in [5.74, 6) is -0.930. The molecule has 0 saturated carbocycles. The van der Waals surface area contributed by atoms with E-state index in [1.54, 1.807) is 38.1 Å². The third kappa shape index (κ3) is 4.28. The molecule has 30 heavy (non-hydrogen) atoms. The molecule has 1 fully saturated rings. The van der Waals surface area contributed by atoms with E-state index in [0.717, 1.165) is 16.0 Å². The molecule has 0 spiro atoms. The van der Waals surface area contributed by atoms with Crippen LogP contribution in [0.15, 0.2) is 29.2 Å². The molecule has 1 aromatic carbocycles. The first kappa shape index (κ1) is 22.5. The lowest BCUT2D eigenvalue weighted by Crippen LogP contribution is -2.43. The van der Waals surface area contributed by atoms with Gasteiger partial charge in [-0.15, -0.1) is 11.3 Å². The quantitative estimate of drug-likeness (QED) is 0.678. The fraction of sp³-hybridized carbons (Fsp3) is 0.429. The normalized spacial score (nSPS) is 17.1. The number of carbonyl (C=O) groups excluding carboxylic acids is 2. The Morgan fingerprint density at radius 2 is 1.87 bits per heavy atom. The molecular weight excluding hydrogens is 424 g/mol. The molecule has 1 amide bonds. The van der Waals surface area contributed by atoms with Crippen molar-refractivity contribution >= 4 is 38.2 Å². The van der Waals surface area contributed by atoms with Crippen LogP contribution in [-0.4, -0.2) is 43.8 Å². The summed E-state index contributed by atoms with van der Waals surface area (Å²) in [6, 6.07) is 5.77. The number of amides is 1. The lowest BCUT2D eigenvalue weighted by molar-refractivity contribution is -0.119. The number of thiophene rings is 1. The lowest BCUT2D eigenvalue weighted by Gasteiger charge is -2.23. The molecule has 162 valence electrons. The van der Waals surface area contributed by atoms with E-state index in [-0.39, 0.29) is 18.0 Å². The first-order valence-electron chi connectivity index (χ1n) is 9.83. The first-order valence-corrected chi connectivity index (χ1v) is 12.1. The van der Waals surface area contributed by atoms with Gasteiger partial charge < -0.3 is 10.1 Å². The second-order valence-corrected chi connectivity index (χ2v) is 10.4. The monoisotopic (exact) mass is 450 g/mol. The zero-order valence-corrected chi connectivity index (χ0v) is 19.2. The predicted octanol–water partition coefficient (Wildman–Crippen LogP) is 3.64. The third-order valence-corrected chi connectivity index (χ3v) is 8.28. The number of ether oxygens (including phenoxy) is 1. The standard InChI is InChI=1S/C21H26N2O5S2/c1-5-28-21(25)18-14(3)15(4)29-20(18)22-19(24)17-7-6-12-23(17)30(26,27)16-10-8-13(2)9-11-16/h8-11,17H,5-7,12H2,1-4H3,(H,22,24). The summed E-state index contributed by atoms with van der Waals surface area (Å²) in [6.45, 7) is 7.78. The summed E-state index contributed by atoms with van der Waals surface area (Å²) in [5, 5.41) is 3.19. The fourth-order valence-corrected chi connectivity index (χ4v) is 6.20. The number of hydrogen-bond donors (Lipinski definition) is 1. The molecule has 2 heterocycles. The highest BCUT2D eigenvalue weighted by Gasteiger charge is 2.40. The molecule has 1 atom stereocenters. The molecule has 0 radical (unpaired) electrons. The Morgan fingerprint density at radius 1 is 1.20 bits per heavy atom. The fourth-order valence-electron chi connectivity index (χ4n) is 3.49. The summed E-state index contributed by atoms with van der Waals surface area (Å²) < 4.78 is 32.6. The highest BCUT2D eigenvalue weighted by atomic mass is 32.2. The van der Waals surface area contributed by atoms with E-state index in [1.165, 1.54) is 15.6 Å². The van der Waals surface area contributed by atoms with Crippen LogP contribution in [0.3, 0.4) is 0 Å². The van der Waals surface area contributed by atoms with Gasteiger partial charge in [0, 0.05) is 11.4 Å². The van der Waals surface area contributed by atoms with Crippen LogP contribution in [0, 0.1) is 20.8 Å². The van der Waals surface area contributed by atoms with Crippen LogP contribution in [0.4, 0.5) is 5.00 Å². The summed E-state index contributed by atoms with van der Waals surface area (Å²) in [5.41, 5.74) is 2.04. The van der Waals surface area contributed by atoms with Crippen molar-refractivity contribution in [2.24, 2.45) is 0 Å². The molecule has 7 nitrogen and oxygen atoms in total. The minimum Gasteiger partial charge on any atom is -0.462 e. The number of nitrogens with one attached hydrogen (secondary N) is 1. The van der Waals surface area contributed by atoms with E-state index in [1.807, 2.05) is 13.8 Å². The molecule has 9 heteroatoms. The molecule has 1 aliphatic rings. The van der Waals surface area contributed by atoms with Gasteiger partial charge in [0.2, 0.25) is 15.9 Å². The Bertz CT molecular complexity index is 1060. The Hall–Kier alpha value is -2.23. The SMILES string of the molecule is CCOC(=O)c1c(NC(=O)C2CCCN2S(=O)(=O)c2ccc(C)cc2)sc(C)c1C. The van der Waals surface area contributed by atoms with Gasteiger partial charge in [0.05, 0.1) is 17.1 Å². The van der Waals surface area contributed by atoms with Gasteiger partial charge in [-0.05, 0) is 58.2 Å². The molecule has 1 aliphatic heterocycles. The van der Waals surface area contributed by atoms with Crippen LogP contribution < -0.4 is 5.32 Å². The van der Waals surface area contributed by atoms with Gasteiger partial charge in [-0.1, -0.05) is 17.7 Å². The van der Waals surface area contributed by atoms with E-state index in [0.29, 0.717) is 23.4 Å². The maximum absolute atomic E-state index is 13.1. The Kier molecular flexibility index (Phi) is 6.64. The topological polar surface area (TPSA) is 92.8 Å². The van der Waals surface area contributed by atoms with Gasteiger partial charge in [-0.25, -0.2) is 13.2 Å². The Morgan fingerprint density at radius 3 is 2.50 bits per heavy atom. The molecule has 2 aromatic rings. The van der Waals surface area contributed by atoms with Crippen LogP contribution in [0.2, 0.25) is 0 Å². The van der Waals surface area contributed by atoms with E-state index in [2.05, 4.69) is 5.32 Å². The molecular formula is C21H26N2O5S2. The van der Waals surface area contributed by atoms with Crippen molar-refractivity contribution in [3.63, 3.8) is 0 Å². The van der Waals surface area contributed by atoms with Gasteiger partial charge in [0.1, 0.15) is 11.0 Å². The van der Waals surface area contributed by atoms with Crippen LogP contribution >= 0.6 is 11.3 Å². The predicted molar refractivity (Wildman–Crippen MR) is 116 cm³/mol. The summed E-state index contributed by atoms with van der Waals surface area (Å²) in [7, 11) is -3.80. The number of sulfonamides is 1. The third-order valence-electron chi connectivity index (χ3n) is 5.24. The molecule has 0 aliphatic carbocycles.